The molecule has 0 saturated carbocycles. The number of amides is 2. The molecule has 0 aliphatic rings. The lowest BCUT2D eigenvalue weighted by Gasteiger charge is -2.20. The summed E-state index contributed by atoms with van der Waals surface area (Å²) in [6, 6.07) is 9.49. The quantitative estimate of drug-likeness (QED) is 0.842. The third kappa shape index (κ3) is 4.37. The molecule has 1 unspecified atom stereocenters. The third-order valence-electron chi connectivity index (χ3n) is 4.17. The van der Waals surface area contributed by atoms with Gasteiger partial charge in [0, 0.05) is 31.4 Å². The van der Waals surface area contributed by atoms with Crippen LogP contribution in [0.1, 0.15) is 23.9 Å². The Balaban J connectivity index is 2.05. The summed E-state index contributed by atoms with van der Waals surface area (Å²) < 4.78 is 1.85. The second-order valence-electron chi connectivity index (χ2n) is 6.18. The number of hydrogen-bond acceptors (Lipinski definition) is 3. The molecule has 2 amide bonds. The number of hydrogen-bond donors (Lipinski definition) is 2. The van der Waals surface area contributed by atoms with Gasteiger partial charge in [-0.1, -0.05) is 25.1 Å². The second-order valence-corrected chi connectivity index (χ2v) is 6.18. The van der Waals surface area contributed by atoms with Crippen LogP contribution < -0.4 is 5.32 Å². The first-order chi connectivity index (χ1) is 11.8. The zero-order valence-electron chi connectivity index (χ0n) is 15.0. The molecule has 0 bridgehead atoms. The molecule has 2 N–H and O–H groups in total. The van der Waals surface area contributed by atoms with Crippen molar-refractivity contribution in [2.24, 2.45) is 5.92 Å². The maximum Gasteiger partial charge on any atom is 0.317 e. The monoisotopic (exact) mass is 344 g/mol. The minimum Gasteiger partial charge on any atom is -0.481 e. The Morgan fingerprint density at radius 2 is 1.92 bits per heavy atom. The van der Waals surface area contributed by atoms with Crippen LogP contribution in [0.3, 0.4) is 0 Å². The third-order valence-corrected chi connectivity index (χ3v) is 4.17. The summed E-state index contributed by atoms with van der Waals surface area (Å²) in [6.07, 6.45) is 0. The predicted molar refractivity (Wildman–Crippen MR) is 94.7 cm³/mol. The van der Waals surface area contributed by atoms with Crippen LogP contribution in [0.25, 0.3) is 5.69 Å². The van der Waals surface area contributed by atoms with Gasteiger partial charge in [0.05, 0.1) is 17.3 Å². The van der Waals surface area contributed by atoms with Gasteiger partial charge in [-0.25, -0.2) is 9.48 Å². The molecule has 0 spiro atoms. The number of rotatable bonds is 6. The number of carbonyl (C=O) groups is 2. The van der Waals surface area contributed by atoms with Crippen molar-refractivity contribution in [2.75, 3.05) is 13.6 Å². The van der Waals surface area contributed by atoms with Crippen LogP contribution in [0.5, 0.6) is 0 Å². The van der Waals surface area contributed by atoms with Gasteiger partial charge in [-0.2, -0.15) is 5.10 Å². The van der Waals surface area contributed by atoms with Crippen LogP contribution in [0.2, 0.25) is 0 Å². The van der Waals surface area contributed by atoms with E-state index in [1.165, 1.54) is 4.90 Å². The van der Waals surface area contributed by atoms with Crippen LogP contribution in [0, 0.1) is 19.8 Å². The summed E-state index contributed by atoms with van der Waals surface area (Å²) in [5.74, 6) is -1.53. The number of aromatic nitrogens is 2. The number of aryl methyl sites for hydroxylation is 1. The lowest BCUT2D eigenvalue weighted by atomic mass is 10.2. The van der Waals surface area contributed by atoms with Crippen molar-refractivity contribution in [2.45, 2.75) is 27.3 Å². The van der Waals surface area contributed by atoms with Crippen LogP contribution in [0.4, 0.5) is 4.79 Å². The number of nitrogens with one attached hydrogen (secondary N) is 1. The van der Waals surface area contributed by atoms with Gasteiger partial charge >= 0.3 is 12.0 Å². The summed E-state index contributed by atoms with van der Waals surface area (Å²) in [4.78, 5) is 24.4. The maximum atomic E-state index is 12.2. The average Bonchev–Trinajstić information content (AvgIpc) is 2.87. The van der Waals surface area contributed by atoms with Crippen molar-refractivity contribution < 1.29 is 14.7 Å². The fraction of sp³-hybridized carbons (Fsp3) is 0.389. The molecule has 134 valence electrons. The Morgan fingerprint density at radius 1 is 1.28 bits per heavy atom. The highest BCUT2D eigenvalue weighted by atomic mass is 16.4. The molecule has 0 aliphatic carbocycles. The van der Waals surface area contributed by atoms with Crippen molar-refractivity contribution in [1.29, 1.82) is 0 Å². The summed E-state index contributed by atoms with van der Waals surface area (Å²) in [7, 11) is 1.59. The average molecular weight is 344 g/mol. The van der Waals surface area contributed by atoms with Gasteiger partial charge in [-0.05, 0) is 26.0 Å². The van der Waals surface area contributed by atoms with Gasteiger partial charge in [0.25, 0.3) is 0 Å². The number of para-hydroxylation sites is 1. The molecule has 7 heteroatoms. The van der Waals surface area contributed by atoms with E-state index >= 15 is 0 Å². The molecule has 2 aromatic rings. The Labute approximate surface area is 147 Å². The summed E-state index contributed by atoms with van der Waals surface area (Å²) in [6.45, 7) is 5.94. The van der Waals surface area contributed by atoms with E-state index in [4.69, 9.17) is 5.11 Å². The van der Waals surface area contributed by atoms with Crippen molar-refractivity contribution in [1.82, 2.24) is 20.0 Å². The molecule has 1 heterocycles. The first-order valence-electron chi connectivity index (χ1n) is 8.13. The minimum atomic E-state index is -0.921. The number of carboxylic acids is 1. The molecule has 1 atom stereocenters. The maximum absolute atomic E-state index is 12.2. The Bertz CT molecular complexity index is 755. The SMILES string of the molecule is Cc1nn(-c2ccccc2)c(C)c1CNC(=O)N(C)CC(C)C(=O)O. The standard InChI is InChI=1S/C18H24N4O3/c1-12(17(23)24)11-21(4)18(25)19-10-16-13(2)20-22(14(16)3)15-8-6-5-7-9-15/h5-9,12H,10-11H2,1-4H3,(H,19,25)(H,23,24). The normalized spacial score (nSPS) is 11.8. The Hall–Kier alpha value is -2.83. The molecular formula is C18H24N4O3. The van der Waals surface area contributed by atoms with Crippen LogP contribution in [0.15, 0.2) is 30.3 Å². The molecule has 2 rings (SSSR count). The van der Waals surface area contributed by atoms with Gasteiger partial charge in [-0.15, -0.1) is 0 Å². The highest BCUT2D eigenvalue weighted by molar-refractivity contribution is 5.75. The molecule has 0 saturated heterocycles. The van der Waals surface area contributed by atoms with E-state index in [-0.39, 0.29) is 12.6 Å². The molecule has 0 fully saturated rings. The molecular weight excluding hydrogens is 320 g/mol. The largest absolute Gasteiger partial charge is 0.481 e. The zero-order chi connectivity index (χ0) is 18.6. The van der Waals surface area contributed by atoms with Gasteiger partial charge in [0.1, 0.15) is 0 Å². The summed E-state index contributed by atoms with van der Waals surface area (Å²) in [5, 5.41) is 16.3. The van der Waals surface area contributed by atoms with Gasteiger partial charge in [0.15, 0.2) is 0 Å². The van der Waals surface area contributed by atoms with Crippen molar-refractivity contribution >= 4 is 12.0 Å². The molecule has 0 aliphatic heterocycles. The van der Waals surface area contributed by atoms with E-state index < -0.39 is 11.9 Å². The second kappa shape index (κ2) is 7.83. The summed E-state index contributed by atoms with van der Waals surface area (Å²) in [5.41, 5.74) is 3.73. The van der Waals surface area contributed by atoms with Crippen LogP contribution >= 0.6 is 0 Å². The fourth-order valence-electron chi connectivity index (χ4n) is 2.62. The van der Waals surface area contributed by atoms with Gasteiger partial charge in [-0.3, -0.25) is 4.79 Å². The van der Waals surface area contributed by atoms with Crippen molar-refractivity contribution in [3.8, 4) is 5.69 Å². The fourth-order valence-corrected chi connectivity index (χ4v) is 2.62. The van der Waals surface area contributed by atoms with Crippen molar-refractivity contribution in [3.63, 3.8) is 0 Å². The van der Waals surface area contributed by atoms with Crippen LogP contribution in [-0.2, 0) is 11.3 Å². The van der Waals surface area contributed by atoms with Gasteiger partial charge < -0.3 is 15.3 Å². The lowest BCUT2D eigenvalue weighted by molar-refractivity contribution is -0.141. The lowest BCUT2D eigenvalue weighted by Crippen LogP contribution is -2.40. The highest BCUT2D eigenvalue weighted by Crippen LogP contribution is 2.17. The number of benzene rings is 1. The molecule has 0 radical (unpaired) electrons. The predicted octanol–water partition coefficient (Wildman–Crippen LogP) is 2.35. The first-order valence-corrected chi connectivity index (χ1v) is 8.13. The Morgan fingerprint density at radius 3 is 2.52 bits per heavy atom. The number of nitrogens with zero attached hydrogens (tertiary/aromatic N) is 3. The van der Waals surface area contributed by atoms with Gasteiger partial charge in [0.2, 0.25) is 0 Å². The highest BCUT2D eigenvalue weighted by Gasteiger charge is 2.18. The van der Waals surface area contributed by atoms with E-state index in [9.17, 15) is 9.59 Å². The summed E-state index contributed by atoms with van der Waals surface area (Å²) >= 11 is 0. The number of carbonyl (C=O) groups excluding carboxylic acids is 1. The number of aliphatic carboxylic acids is 1. The minimum absolute atomic E-state index is 0.155. The van der Waals surface area contributed by atoms with E-state index in [1.54, 1.807) is 14.0 Å². The molecule has 7 nitrogen and oxygen atoms in total. The molecule has 1 aromatic carbocycles. The Kier molecular flexibility index (Phi) is 5.80. The van der Waals surface area contributed by atoms with Crippen LogP contribution in [-0.4, -0.2) is 45.4 Å². The topological polar surface area (TPSA) is 87.5 Å². The number of urea groups is 1. The van der Waals surface area contributed by atoms with E-state index in [2.05, 4.69) is 10.4 Å². The molecule has 1 aromatic heterocycles. The van der Waals surface area contributed by atoms with E-state index in [0.29, 0.717) is 6.54 Å². The zero-order valence-corrected chi connectivity index (χ0v) is 15.0. The number of carboxylic acid groups (broad SMARTS) is 1. The molecule has 25 heavy (non-hydrogen) atoms. The first kappa shape index (κ1) is 18.5. The van der Waals surface area contributed by atoms with Crippen molar-refractivity contribution in [3.05, 3.63) is 47.3 Å². The van der Waals surface area contributed by atoms with E-state index in [1.807, 2.05) is 48.9 Å². The smallest absolute Gasteiger partial charge is 0.317 e. The van der Waals surface area contributed by atoms with E-state index in [0.717, 1.165) is 22.6 Å².